The lowest BCUT2D eigenvalue weighted by Gasteiger charge is -2.19. The maximum atomic E-state index is 13.8. The van der Waals surface area contributed by atoms with E-state index < -0.39 is 6.29 Å². The van der Waals surface area contributed by atoms with Crippen molar-refractivity contribution in [2.24, 2.45) is 4.99 Å². The smallest absolute Gasteiger partial charge is 0.271 e. The molecule has 2 N–H and O–H groups in total. The summed E-state index contributed by atoms with van der Waals surface area (Å²) in [5, 5.41) is 18.8. The lowest BCUT2D eigenvalue weighted by Crippen LogP contribution is -2.29. The molecule has 1 amide bonds. The predicted octanol–water partition coefficient (Wildman–Crippen LogP) is 5.32. The van der Waals surface area contributed by atoms with Crippen molar-refractivity contribution in [3.05, 3.63) is 88.3 Å². The molecule has 0 atom stereocenters. The summed E-state index contributed by atoms with van der Waals surface area (Å²) in [6, 6.07) is 21.0. The van der Waals surface area contributed by atoms with Gasteiger partial charge in [0, 0.05) is 0 Å². The minimum absolute atomic E-state index is 0.152. The van der Waals surface area contributed by atoms with Crippen LogP contribution >= 0.6 is 11.8 Å². The van der Waals surface area contributed by atoms with E-state index in [1.54, 1.807) is 29.2 Å². The van der Waals surface area contributed by atoms with Gasteiger partial charge in [-0.25, -0.2) is 4.99 Å². The zero-order valence-corrected chi connectivity index (χ0v) is 21.9. The zero-order valence-electron chi connectivity index (χ0n) is 21.0. The Labute approximate surface area is 221 Å². The van der Waals surface area contributed by atoms with E-state index in [9.17, 15) is 4.79 Å². The number of benzene rings is 3. The molecule has 0 aromatic heterocycles. The van der Waals surface area contributed by atoms with Crippen LogP contribution in [0.3, 0.4) is 0 Å². The van der Waals surface area contributed by atoms with Gasteiger partial charge in [0.1, 0.15) is 6.61 Å². The Morgan fingerprint density at radius 3 is 2.38 bits per heavy atom. The number of anilines is 1. The van der Waals surface area contributed by atoms with Gasteiger partial charge in [-0.1, -0.05) is 56.3 Å². The number of thioether (sulfide) groups is 1. The molecule has 8 heteroatoms. The molecule has 4 rings (SSSR count). The fraction of sp³-hybridized carbons (Fsp3) is 0.241. The first-order chi connectivity index (χ1) is 17.9. The van der Waals surface area contributed by atoms with Gasteiger partial charge >= 0.3 is 0 Å². The third-order valence-corrected chi connectivity index (χ3v) is 6.85. The average molecular weight is 519 g/mol. The number of methoxy groups -OCH3 is 1. The predicted molar refractivity (Wildman–Crippen MR) is 149 cm³/mol. The normalized spacial score (nSPS) is 15.7. The van der Waals surface area contributed by atoms with Gasteiger partial charge < -0.3 is 19.7 Å². The zero-order chi connectivity index (χ0) is 26.4. The standard InChI is InChI=1S/C29H30N2O5S/c1-4-20-10-6-8-12-22(20)30-29-31(23-13-9-7-11-21(23)5-2)28(34)26(37-29)17-19-14-15-24(25(16-19)35-3)36-18-27(32)33/h6-17,27,32-33H,4-5,18H2,1-3H3/b26-17-,30-29?. The first kappa shape index (κ1) is 26.5. The fourth-order valence-electron chi connectivity index (χ4n) is 4.02. The molecule has 0 bridgehead atoms. The van der Waals surface area contributed by atoms with Crippen LogP contribution in [0.4, 0.5) is 11.4 Å². The summed E-state index contributed by atoms with van der Waals surface area (Å²) >= 11 is 1.33. The highest BCUT2D eigenvalue weighted by atomic mass is 32.2. The molecule has 192 valence electrons. The topological polar surface area (TPSA) is 91.6 Å². The number of aliphatic hydroxyl groups excluding tert-OH is 1. The lowest BCUT2D eigenvalue weighted by atomic mass is 10.1. The Bertz CT molecular complexity index is 1340. The summed E-state index contributed by atoms with van der Waals surface area (Å²) in [5.41, 5.74) is 4.57. The molecule has 0 saturated carbocycles. The Balaban J connectivity index is 1.76. The Morgan fingerprint density at radius 1 is 0.973 bits per heavy atom. The quantitative estimate of drug-likeness (QED) is 0.294. The number of hydrogen-bond donors (Lipinski definition) is 2. The second-order valence-electron chi connectivity index (χ2n) is 8.31. The SMILES string of the molecule is CCc1ccccc1N=C1S/C(=C\c2ccc(OCC(O)O)c(OC)c2)C(=O)N1c1ccccc1CC. The average Bonchev–Trinajstić information content (AvgIpc) is 3.21. The van der Waals surface area contributed by atoms with Gasteiger partial charge in [0.05, 0.1) is 23.4 Å². The first-order valence-corrected chi connectivity index (χ1v) is 12.9. The molecule has 3 aromatic rings. The summed E-state index contributed by atoms with van der Waals surface area (Å²) in [4.78, 5) is 20.9. The van der Waals surface area contributed by atoms with Crippen LogP contribution in [0, 0.1) is 0 Å². The number of amides is 1. The van der Waals surface area contributed by atoms with Crippen molar-refractivity contribution < 1.29 is 24.5 Å². The molecule has 1 aliphatic heterocycles. The largest absolute Gasteiger partial charge is 0.493 e. The van der Waals surface area contributed by atoms with Gasteiger partial charge in [0.25, 0.3) is 5.91 Å². The number of carbonyl (C=O) groups is 1. The maximum absolute atomic E-state index is 13.8. The van der Waals surface area contributed by atoms with Gasteiger partial charge in [-0.2, -0.15) is 0 Å². The second-order valence-corrected chi connectivity index (χ2v) is 9.32. The summed E-state index contributed by atoms with van der Waals surface area (Å²) in [5.74, 6) is 0.644. The van der Waals surface area contributed by atoms with Crippen LogP contribution in [0.2, 0.25) is 0 Å². The molecule has 0 aliphatic carbocycles. The van der Waals surface area contributed by atoms with E-state index >= 15 is 0 Å². The third-order valence-electron chi connectivity index (χ3n) is 5.88. The number of hydrogen-bond acceptors (Lipinski definition) is 7. The van der Waals surface area contributed by atoms with E-state index in [1.165, 1.54) is 18.9 Å². The molecule has 1 saturated heterocycles. The van der Waals surface area contributed by atoms with E-state index in [0.29, 0.717) is 21.6 Å². The number of aryl methyl sites for hydroxylation is 2. The van der Waals surface area contributed by atoms with Gasteiger partial charge in [-0.15, -0.1) is 0 Å². The molecule has 7 nitrogen and oxygen atoms in total. The summed E-state index contributed by atoms with van der Waals surface area (Å²) in [7, 11) is 1.50. The van der Waals surface area contributed by atoms with Crippen molar-refractivity contribution >= 4 is 40.3 Å². The van der Waals surface area contributed by atoms with E-state index in [-0.39, 0.29) is 12.5 Å². The maximum Gasteiger partial charge on any atom is 0.271 e. The number of rotatable bonds is 9. The van der Waals surface area contributed by atoms with Crippen LogP contribution in [0.5, 0.6) is 11.5 Å². The number of para-hydroxylation sites is 2. The van der Waals surface area contributed by atoms with Crippen LogP contribution in [-0.4, -0.2) is 41.3 Å². The Hall–Kier alpha value is -3.59. The van der Waals surface area contributed by atoms with Crippen LogP contribution in [0.15, 0.2) is 76.6 Å². The molecular formula is C29H30N2O5S. The minimum atomic E-state index is -1.59. The number of aliphatic imine (C=N–C) groups is 1. The van der Waals surface area contributed by atoms with Gasteiger partial charge in [0.2, 0.25) is 0 Å². The third kappa shape index (κ3) is 6.05. The lowest BCUT2D eigenvalue weighted by molar-refractivity contribution is -0.113. The van der Waals surface area contributed by atoms with Gasteiger partial charge in [-0.3, -0.25) is 9.69 Å². The van der Waals surface area contributed by atoms with Crippen LogP contribution in [-0.2, 0) is 17.6 Å². The van der Waals surface area contributed by atoms with E-state index in [2.05, 4.69) is 13.8 Å². The number of ether oxygens (including phenoxy) is 2. The molecule has 0 spiro atoms. The van der Waals surface area contributed by atoms with Gasteiger partial charge in [0.15, 0.2) is 23.0 Å². The molecule has 3 aromatic carbocycles. The highest BCUT2D eigenvalue weighted by molar-refractivity contribution is 8.19. The first-order valence-electron chi connectivity index (χ1n) is 12.1. The van der Waals surface area contributed by atoms with Crippen LogP contribution < -0.4 is 14.4 Å². The van der Waals surface area contributed by atoms with Gasteiger partial charge in [-0.05, 0) is 71.6 Å². The second kappa shape index (κ2) is 12.1. The summed E-state index contributed by atoms with van der Waals surface area (Å²) < 4.78 is 10.8. The number of aliphatic hydroxyl groups is 2. The highest BCUT2D eigenvalue weighted by Gasteiger charge is 2.35. The van der Waals surface area contributed by atoms with Crippen LogP contribution in [0.1, 0.15) is 30.5 Å². The van der Waals surface area contributed by atoms with Crippen molar-refractivity contribution in [1.82, 2.24) is 0 Å². The summed E-state index contributed by atoms with van der Waals surface area (Å²) in [6.07, 6.45) is 1.83. The van der Waals surface area contributed by atoms with E-state index in [0.717, 1.165) is 40.9 Å². The van der Waals surface area contributed by atoms with Crippen molar-refractivity contribution in [2.45, 2.75) is 33.0 Å². The molecular weight excluding hydrogens is 488 g/mol. The van der Waals surface area contributed by atoms with Crippen molar-refractivity contribution in [3.8, 4) is 11.5 Å². The summed E-state index contributed by atoms with van der Waals surface area (Å²) in [6.45, 7) is 3.87. The monoisotopic (exact) mass is 518 g/mol. The molecule has 0 radical (unpaired) electrons. The minimum Gasteiger partial charge on any atom is -0.493 e. The molecule has 37 heavy (non-hydrogen) atoms. The Kier molecular flexibility index (Phi) is 8.66. The fourth-order valence-corrected chi connectivity index (χ4v) is 5.01. The molecule has 1 aliphatic rings. The van der Waals surface area contributed by atoms with Crippen LogP contribution in [0.25, 0.3) is 6.08 Å². The number of carbonyl (C=O) groups excluding carboxylic acids is 1. The van der Waals surface area contributed by atoms with Crippen molar-refractivity contribution in [2.75, 3.05) is 18.6 Å². The molecule has 1 fully saturated rings. The Morgan fingerprint density at radius 2 is 1.68 bits per heavy atom. The number of nitrogens with zero attached hydrogens (tertiary/aromatic N) is 2. The van der Waals surface area contributed by atoms with E-state index in [1.807, 2.05) is 48.5 Å². The van der Waals surface area contributed by atoms with Crippen molar-refractivity contribution in [3.63, 3.8) is 0 Å². The van der Waals surface area contributed by atoms with Crippen molar-refractivity contribution in [1.29, 1.82) is 0 Å². The highest BCUT2D eigenvalue weighted by Crippen LogP contribution is 2.40. The molecule has 0 unspecified atom stereocenters. The number of amidine groups is 1. The van der Waals surface area contributed by atoms with E-state index in [4.69, 9.17) is 24.7 Å². The molecule has 1 heterocycles.